The second-order valence-electron chi connectivity index (χ2n) is 5.27. The Kier molecular flexibility index (Phi) is 4.82. The topological polar surface area (TPSA) is 56.7 Å². The van der Waals surface area contributed by atoms with E-state index in [0.29, 0.717) is 6.54 Å². The van der Waals surface area contributed by atoms with Crippen LogP contribution in [-0.4, -0.2) is 30.7 Å². The standard InChI is InChI=1S/C14H23N3OS/c1-3-15-13(16-9-11-6-7-11)17-10-14(2,18)12-5-4-8-19-12/h4-5,8,11,18H,3,6-7,9-10H2,1-2H3,(H2,15,16,17). The maximum atomic E-state index is 10.4. The Bertz CT molecular complexity index is 410. The normalized spacial score (nSPS) is 19.0. The van der Waals surface area contributed by atoms with Crippen molar-refractivity contribution in [1.29, 1.82) is 0 Å². The van der Waals surface area contributed by atoms with Gasteiger partial charge in [-0.05, 0) is 44.1 Å². The van der Waals surface area contributed by atoms with Crippen LogP contribution in [0.5, 0.6) is 0 Å². The molecule has 0 spiro atoms. The lowest BCUT2D eigenvalue weighted by Gasteiger charge is -2.20. The van der Waals surface area contributed by atoms with Gasteiger partial charge >= 0.3 is 0 Å². The van der Waals surface area contributed by atoms with Crippen molar-refractivity contribution in [3.05, 3.63) is 22.4 Å². The SMILES string of the molecule is CCNC(=NCC(C)(O)c1cccs1)NCC1CC1. The average Bonchev–Trinajstić information content (AvgIpc) is 3.03. The molecule has 1 aromatic rings. The first kappa shape index (κ1) is 14.3. The quantitative estimate of drug-likeness (QED) is 0.551. The van der Waals surface area contributed by atoms with E-state index < -0.39 is 5.60 Å². The number of nitrogens with one attached hydrogen (secondary N) is 2. The second-order valence-corrected chi connectivity index (χ2v) is 6.22. The molecule has 1 saturated carbocycles. The van der Waals surface area contributed by atoms with E-state index in [0.717, 1.165) is 29.8 Å². The molecule has 1 atom stereocenters. The highest BCUT2D eigenvalue weighted by Gasteiger charge is 2.24. The van der Waals surface area contributed by atoms with E-state index in [9.17, 15) is 5.11 Å². The molecule has 0 bridgehead atoms. The fraction of sp³-hybridized carbons (Fsp3) is 0.643. The van der Waals surface area contributed by atoms with E-state index in [1.807, 2.05) is 31.4 Å². The predicted octanol–water partition coefficient (Wildman–Crippen LogP) is 1.92. The number of guanidine groups is 1. The molecule has 0 radical (unpaired) electrons. The Morgan fingerprint density at radius 3 is 2.89 bits per heavy atom. The molecule has 0 saturated heterocycles. The number of nitrogens with zero attached hydrogens (tertiary/aromatic N) is 1. The van der Waals surface area contributed by atoms with Gasteiger partial charge in [-0.15, -0.1) is 11.3 Å². The van der Waals surface area contributed by atoms with Crippen molar-refractivity contribution in [3.63, 3.8) is 0 Å². The third-order valence-corrected chi connectivity index (χ3v) is 4.32. The lowest BCUT2D eigenvalue weighted by atomic mass is 10.1. The highest BCUT2D eigenvalue weighted by Crippen LogP contribution is 2.27. The second kappa shape index (κ2) is 6.39. The molecule has 1 fully saturated rings. The number of hydrogen-bond donors (Lipinski definition) is 3. The maximum absolute atomic E-state index is 10.4. The number of rotatable bonds is 6. The zero-order valence-electron chi connectivity index (χ0n) is 11.6. The summed E-state index contributed by atoms with van der Waals surface area (Å²) in [6, 6.07) is 3.90. The van der Waals surface area contributed by atoms with Gasteiger partial charge in [-0.1, -0.05) is 6.07 Å². The molecule has 0 aliphatic heterocycles. The van der Waals surface area contributed by atoms with Crippen molar-refractivity contribution in [1.82, 2.24) is 10.6 Å². The summed E-state index contributed by atoms with van der Waals surface area (Å²) in [5, 5.41) is 19.0. The molecule has 1 heterocycles. The van der Waals surface area contributed by atoms with Crippen LogP contribution in [0, 0.1) is 5.92 Å². The van der Waals surface area contributed by atoms with Crippen LogP contribution < -0.4 is 10.6 Å². The van der Waals surface area contributed by atoms with Gasteiger partial charge in [0.15, 0.2) is 5.96 Å². The van der Waals surface area contributed by atoms with Crippen LogP contribution in [-0.2, 0) is 5.60 Å². The fourth-order valence-corrected chi connectivity index (χ4v) is 2.58. The molecule has 0 amide bonds. The summed E-state index contributed by atoms with van der Waals surface area (Å²) in [7, 11) is 0. The third kappa shape index (κ3) is 4.51. The monoisotopic (exact) mass is 281 g/mol. The molecule has 3 N–H and O–H groups in total. The molecular weight excluding hydrogens is 258 g/mol. The van der Waals surface area contributed by atoms with Crippen LogP contribution in [0.1, 0.15) is 31.6 Å². The molecule has 106 valence electrons. The van der Waals surface area contributed by atoms with Gasteiger partial charge in [0.05, 0.1) is 6.54 Å². The largest absolute Gasteiger partial charge is 0.383 e. The molecule has 4 nitrogen and oxygen atoms in total. The van der Waals surface area contributed by atoms with Crippen LogP contribution in [0.2, 0.25) is 0 Å². The molecule has 5 heteroatoms. The Labute approximate surface area is 119 Å². The molecule has 2 rings (SSSR count). The predicted molar refractivity (Wildman–Crippen MR) is 80.6 cm³/mol. The maximum Gasteiger partial charge on any atom is 0.191 e. The molecule has 1 aliphatic rings. The van der Waals surface area contributed by atoms with Gasteiger partial charge in [-0.2, -0.15) is 0 Å². The van der Waals surface area contributed by atoms with Crippen LogP contribution in [0.4, 0.5) is 0 Å². The van der Waals surface area contributed by atoms with Gasteiger partial charge in [-0.3, -0.25) is 0 Å². The van der Waals surface area contributed by atoms with E-state index in [2.05, 4.69) is 15.6 Å². The molecule has 1 aromatic heterocycles. The first-order valence-electron chi connectivity index (χ1n) is 6.90. The van der Waals surface area contributed by atoms with E-state index in [-0.39, 0.29) is 0 Å². The van der Waals surface area contributed by atoms with Crippen molar-refractivity contribution in [3.8, 4) is 0 Å². The summed E-state index contributed by atoms with van der Waals surface area (Å²) in [4.78, 5) is 5.44. The Hall–Kier alpha value is -1.07. The van der Waals surface area contributed by atoms with Gasteiger partial charge in [0.1, 0.15) is 5.60 Å². The molecule has 19 heavy (non-hydrogen) atoms. The first-order valence-corrected chi connectivity index (χ1v) is 7.78. The lowest BCUT2D eigenvalue weighted by molar-refractivity contribution is 0.0711. The van der Waals surface area contributed by atoms with Gasteiger partial charge in [0.25, 0.3) is 0 Å². The zero-order chi connectivity index (χ0) is 13.7. The van der Waals surface area contributed by atoms with Crippen LogP contribution >= 0.6 is 11.3 Å². The summed E-state index contributed by atoms with van der Waals surface area (Å²) in [5.74, 6) is 1.60. The highest BCUT2D eigenvalue weighted by atomic mass is 32.1. The van der Waals surface area contributed by atoms with Crippen molar-refractivity contribution < 1.29 is 5.11 Å². The molecule has 0 aromatic carbocycles. The average molecular weight is 281 g/mol. The van der Waals surface area contributed by atoms with E-state index in [1.54, 1.807) is 11.3 Å². The van der Waals surface area contributed by atoms with E-state index in [4.69, 9.17) is 0 Å². The first-order chi connectivity index (χ1) is 9.12. The zero-order valence-corrected chi connectivity index (χ0v) is 12.5. The summed E-state index contributed by atoms with van der Waals surface area (Å²) < 4.78 is 0. The molecule has 1 unspecified atom stereocenters. The summed E-state index contributed by atoms with van der Waals surface area (Å²) >= 11 is 1.56. The smallest absolute Gasteiger partial charge is 0.191 e. The number of aliphatic hydroxyl groups is 1. The number of aliphatic imine (C=N–C) groups is 1. The minimum atomic E-state index is -0.893. The highest BCUT2D eigenvalue weighted by molar-refractivity contribution is 7.10. The Balaban J connectivity index is 1.91. The third-order valence-electron chi connectivity index (χ3n) is 3.20. The van der Waals surface area contributed by atoms with Crippen LogP contribution in [0.15, 0.2) is 22.5 Å². The Morgan fingerprint density at radius 2 is 2.32 bits per heavy atom. The van der Waals surface area contributed by atoms with Gasteiger partial charge in [-0.25, -0.2) is 4.99 Å². The van der Waals surface area contributed by atoms with Crippen molar-refractivity contribution >= 4 is 17.3 Å². The minimum absolute atomic E-state index is 0.369. The van der Waals surface area contributed by atoms with Crippen LogP contribution in [0.25, 0.3) is 0 Å². The van der Waals surface area contributed by atoms with E-state index in [1.165, 1.54) is 12.8 Å². The van der Waals surface area contributed by atoms with Gasteiger partial charge in [0.2, 0.25) is 0 Å². The van der Waals surface area contributed by atoms with Crippen molar-refractivity contribution in [2.75, 3.05) is 19.6 Å². The van der Waals surface area contributed by atoms with Crippen molar-refractivity contribution in [2.24, 2.45) is 10.9 Å². The summed E-state index contributed by atoms with van der Waals surface area (Å²) in [6.45, 7) is 6.04. The summed E-state index contributed by atoms with van der Waals surface area (Å²) in [6.07, 6.45) is 2.64. The van der Waals surface area contributed by atoms with Crippen molar-refractivity contribution in [2.45, 2.75) is 32.3 Å². The van der Waals surface area contributed by atoms with Gasteiger partial charge in [0, 0.05) is 18.0 Å². The fourth-order valence-electron chi connectivity index (χ4n) is 1.80. The minimum Gasteiger partial charge on any atom is -0.383 e. The van der Waals surface area contributed by atoms with E-state index >= 15 is 0 Å². The number of thiophene rings is 1. The molecular formula is C14H23N3OS. The number of hydrogen-bond acceptors (Lipinski definition) is 3. The summed E-state index contributed by atoms with van der Waals surface area (Å²) in [5.41, 5.74) is -0.893. The van der Waals surface area contributed by atoms with Crippen LogP contribution in [0.3, 0.4) is 0 Å². The lowest BCUT2D eigenvalue weighted by Crippen LogP contribution is -2.39. The molecule has 1 aliphatic carbocycles. The Morgan fingerprint density at radius 1 is 1.53 bits per heavy atom. The van der Waals surface area contributed by atoms with Gasteiger partial charge < -0.3 is 15.7 Å².